The van der Waals surface area contributed by atoms with E-state index < -0.39 is 0 Å². The monoisotopic (exact) mass is 373 g/mol. The van der Waals surface area contributed by atoms with Gasteiger partial charge in [-0.3, -0.25) is 10.1 Å². The van der Waals surface area contributed by atoms with Gasteiger partial charge >= 0.3 is 0 Å². The zero-order chi connectivity index (χ0) is 17.6. The molecular weight excluding hydrogens is 345 g/mol. The molecule has 0 unspecified atom stereocenters. The second-order valence-electron chi connectivity index (χ2n) is 6.17. The number of carbonyl (C=O) groups is 1. The Morgan fingerprint density at radius 1 is 0.958 bits per heavy atom. The van der Waals surface area contributed by atoms with Crippen LogP contribution < -0.4 is 5.32 Å². The molecule has 136 valence electrons. The number of unbranched alkanes of at least 4 members (excludes halogenated alkanes) is 10. The van der Waals surface area contributed by atoms with Crippen molar-refractivity contribution >= 4 is 35.1 Å². The van der Waals surface area contributed by atoms with Gasteiger partial charge in [-0.2, -0.15) is 4.98 Å². The SMILES string of the molecule is CCCCCCCCCCCCCC(=O)Nc1ncc(Cl)c(Cl)n1. The maximum atomic E-state index is 11.8. The van der Waals surface area contributed by atoms with Crippen LogP contribution in [0.3, 0.4) is 0 Å². The van der Waals surface area contributed by atoms with Crippen LogP contribution in [0.2, 0.25) is 10.2 Å². The summed E-state index contributed by atoms with van der Waals surface area (Å²) in [6.07, 6.45) is 15.8. The van der Waals surface area contributed by atoms with Crippen LogP contribution in [0.25, 0.3) is 0 Å². The van der Waals surface area contributed by atoms with Crippen molar-refractivity contribution < 1.29 is 4.79 Å². The van der Waals surface area contributed by atoms with Crippen molar-refractivity contribution in [2.75, 3.05) is 5.32 Å². The van der Waals surface area contributed by atoms with Crippen LogP contribution in [0.15, 0.2) is 6.20 Å². The Hall–Kier alpha value is -0.870. The van der Waals surface area contributed by atoms with Gasteiger partial charge in [0.2, 0.25) is 11.9 Å². The third-order valence-corrected chi connectivity index (χ3v) is 4.62. The smallest absolute Gasteiger partial charge is 0.230 e. The fraction of sp³-hybridized carbons (Fsp3) is 0.722. The van der Waals surface area contributed by atoms with E-state index >= 15 is 0 Å². The molecule has 0 saturated heterocycles. The Bertz CT molecular complexity index is 483. The topological polar surface area (TPSA) is 54.9 Å². The number of halogens is 2. The molecule has 0 radical (unpaired) electrons. The van der Waals surface area contributed by atoms with E-state index in [0.29, 0.717) is 6.42 Å². The van der Waals surface area contributed by atoms with E-state index in [1.165, 1.54) is 64.0 Å². The molecule has 0 aromatic carbocycles. The lowest BCUT2D eigenvalue weighted by Crippen LogP contribution is -2.13. The van der Waals surface area contributed by atoms with Crippen molar-refractivity contribution in [3.05, 3.63) is 16.4 Å². The van der Waals surface area contributed by atoms with Gasteiger partial charge in [0.25, 0.3) is 0 Å². The fourth-order valence-corrected chi connectivity index (χ4v) is 2.76. The number of hydrogen-bond acceptors (Lipinski definition) is 3. The van der Waals surface area contributed by atoms with E-state index in [9.17, 15) is 4.79 Å². The number of aromatic nitrogens is 2. The molecule has 0 fully saturated rings. The summed E-state index contributed by atoms with van der Waals surface area (Å²) in [6, 6.07) is 0. The normalized spacial score (nSPS) is 10.8. The number of nitrogens with one attached hydrogen (secondary N) is 1. The van der Waals surface area contributed by atoms with Crippen LogP contribution in [0, 0.1) is 0 Å². The van der Waals surface area contributed by atoms with Crippen LogP contribution >= 0.6 is 23.2 Å². The average Bonchev–Trinajstić information content (AvgIpc) is 2.56. The lowest BCUT2D eigenvalue weighted by atomic mass is 10.1. The molecule has 0 aliphatic rings. The number of nitrogens with zero attached hydrogens (tertiary/aromatic N) is 2. The first-order valence-corrected chi connectivity index (χ1v) is 9.87. The largest absolute Gasteiger partial charge is 0.294 e. The van der Waals surface area contributed by atoms with Crippen molar-refractivity contribution in [3.8, 4) is 0 Å². The van der Waals surface area contributed by atoms with Crippen molar-refractivity contribution in [2.45, 2.75) is 84.0 Å². The van der Waals surface area contributed by atoms with Crippen molar-refractivity contribution in [1.29, 1.82) is 0 Å². The zero-order valence-electron chi connectivity index (χ0n) is 14.6. The van der Waals surface area contributed by atoms with Gasteiger partial charge in [0.15, 0.2) is 5.15 Å². The molecular formula is C18H29Cl2N3O. The van der Waals surface area contributed by atoms with Gasteiger partial charge in [0.05, 0.1) is 11.2 Å². The molecule has 0 bridgehead atoms. The van der Waals surface area contributed by atoms with Crippen molar-refractivity contribution in [1.82, 2.24) is 9.97 Å². The highest BCUT2D eigenvalue weighted by Crippen LogP contribution is 2.19. The highest BCUT2D eigenvalue weighted by atomic mass is 35.5. The Morgan fingerprint density at radius 3 is 2.04 bits per heavy atom. The summed E-state index contributed by atoms with van der Waals surface area (Å²) in [4.78, 5) is 19.6. The number of anilines is 1. The number of amides is 1. The predicted octanol–water partition coefficient (Wildman–Crippen LogP) is 6.42. The van der Waals surface area contributed by atoms with Crippen LogP contribution in [0.4, 0.5) is 5.95 Å². The minimum atomic E-state index is -0.0793. The highest BCUT2D eigenvalue weighted by Gasteiger charge is 2.07. The summed E-state index contributed by atoms with van der Waals surface area (Å²) in [5.74, 6) is 0.127. The van der Waals surface area contributed by atoms with Crippen molar-refractivity contribution in [2.24, 2.45) is 0 Å². The average molecular weight is 374 g/mol. The molecule has 6 heteroatoms. The van der Waals surface area contributed by atoms with Gasteiger partial charge in [-0.15, -0.1) is 0 Å². The summed E-state index contributed by atoms with van der Waals surface area (Å²) >= 11 is 11.5. The molecule has 1 heterocycles. The maximum Gasteiger partial charge on any atom is 0.230 e. The first kappa shape index (κ1) is 21.2. The third-order valence-electron chi connectivity index (χ3n) is 3.96. The molecule has 0 spiro atoms. The van der Waals surface area contributed by atoms with Gasteiger partial charge in [0, 0.05) is 6.42 Å². The molecule has 1 aromatic rings. The summed E-state index contributed by atoms with van der Waals surface area (Å²) in [5.41, 5.74) is 0. The minimum absolute atomic E-state index is 0.0793. The summed E-state index contributed by atoms with van der Waals surface area (Å²) in [6.45, 7) is 2.25. The summed E-state index contributed by atoms with van der Waals surface area (Å²) in [5, 5.41) is 3.07. The molecule has 1 N–H and O–H groups in total. The van der Waals surface area contributed by atoms with Gasteiger partial charge in [0.1, 0.15) is 0 Å². The molecule has 1 aromatic heterocycles. The second kappa shape index (κ2) is 13.4. The molecule has 1 amide bonds. The van der Waals surface area contributed by atoms with Gasteiger partial charge in [-0.1, -0.05) is 94.3 Å². The Labute approximate surface area is 155 Å². The molecule has 24 heavy (non-hydrogen) atoms. The number of rotatable bonds is 13. The minimum Gasteiger partial charge on any atom is -0.294 e. The Balaban J connectivity index is 1.97. The Kier molecular flexibility index (Phi) is 11.8. The third kappa shape index (κ3) is 10.1. The van der Waals surface area contributed by atoms with E-state index in [4.69, 9.17) is 23.2 Å². The molecule has 4 nitrogen and oxygen atoms in total. The first-order valence-electron chi connectivity index (χ1n) is 9.11. The first-order chi connectivity index (χ1) is 11.6. The van der Waals surface area contributed by atoms with Crippen molar-refractivity contribution in [3.63, 3.8) is 0 Å². The van der Waals surface area contributed by atoms with Crippen LogP contribution in [0.1, 0.15) is 84.0 Å². The van der Waals surface area contributed by atoms with E-state index in [1.54, 1.807) is 0 Å². The lowest BCUT2D eigenvalue weighted by Gasteiger charge is -2.05. The van der Waals surface area contributed by atoms with Gasteiger partial charge in [-0.05, 0) is 6.42 Å². The molecule has 1 rings (SSSR count). The van der Waals surface area contributed by atoms with Crippen LogP contribution in [-0.2, 0) is 4.79 Å². The standard InChI is InChI=1S/C18H29Cl2N3O/c1-2-3-4-5-6-7-8-9-10-11-12-13-16(24)22-18-21-14-15(19)17(20)23-18/h14H,2-13H2,1H3,(H,21,22,23,24). The van der Waals surface area contributed by atoms with Crippen LogP contribution in [0.5, 0.6) is 0 Å². The fourth-order valence-electron chi connectivity index (χ4n) is 2.54. The van der Waals surface area contributed by atoms with E-state index in [2.05, 4.69) is 22.2 Å². The second-order valence-corrected chi connectivity index (χ2v) is 6.93. The summed E-state index contributed by atoms with van der Waals surface area (Å²) < 4.78 is 0. The highest BCUT2D eigenvalue weighted by molar-refractivity contribution is 6.41. The maximum absolute atomic E-state index is 11.8. The zero-order valence-corrected chi connectivity index (χ0v) is 16.1. The van der Waals surface area contributed by atoms with E-state index in [0.717, 1.165) is 12.8 Å². The molecule has 0 aliphatic carbocycles. The van der Waals surface area contributed by atoms with Gasteiger partial charge < -0.3 is 0 Å². The quantitative estimate of drug-likeness (QED) is 0.320. The summed E-state index contributed by atoms with van der Waals surface area (Å²) in [7, 11) is 0. The Morgan fingerprint density at radius 2 is 1.50 bits per heavy atom. The van der Waals surface area contributed by atoms with Crippen LogP contribution in [-0.4, -0.2) is 15.9 Å². The van der Waals surface area contributed by atoms with E-state index in [-0.39, 0.29) is 22.0 Å². The lowest BCUT2D eigenvalue weighted by molar-refractivity contribution is -0.116. The molecule has 0 saturated carbocycles. The van der Waals surface area contributed by atoms with Gasteiger partial charge in [-0.25, -0.2) is 4.98 Å². The number of carbonyl (C=O) groups excluding carboxylic acids is 1. The predicted molar refractivity (Wildman–Crippen MR) is 102 cm³/mol. The molecule has 0 aliphatic heterocycles. The van der Waals surface area contributed by atoms with E-state index in [1.807, 2.05) is 0 Å². The number of hydrogen-bond donors (Lipinski definition) is 1. The molecule has 0 atom stereocenters.